The van der Waals surface area contributed by atoms with Gasteiger partial charge in [0.1, 0.15) is 0 Å². The van der Waals surface area contributed by atoms with Crippen molar-refractivity contribution in [1.29, 1.82) is 0 Å². The molecule has 1 amide bonds. The number of fused-ring (bicyclic) bond motifs is 1. The van der Waals surface area contributed by atoms with Crippen molar-refractivity contribution in [2.75, 3.05) is 0 Å². The Hall–Kier alpha value is -3.70. The van der Waals surface area contributed by atoms with Gasteiger partial charge in [0.05, 0.1) is 11.6 Å². The lowest BCUT2D eigenvalue weighted by atomic mass is 9.97. The number of carboxylic acid groups (broad SMARTS) is 1. The van der Waals surface area contributed by atoms with Crippen LogP contribution in [-0.4, -0.2) is 22.0 Å². The lowest BCUT2D eigenvalue weighted by Gasteiger charge is -2.15. The van der Waals surface area contributed by atoms with E-state index in [1.165, 1.54) is 0 Å². The van der Waals surface area contributed by atoms with Crippen LogP contribution in [0.2, 0.25) is 5.02 Å². The van der Waals surface area contributed by atoms with E-state index in [-0.39, 0.29) is 18.4 Å². The number of aliphatic carboxylic acids is 1. The third-order valence-corrected chi connectivity index (χ3v) is 6.27. The molecule has 0 saturated carbocycles. The molecule has 3 aromatic carbocycles. The van der Waals surface area contributed by atoms with E-state index in [0.29, 0.717) is 23.4 Å². The number of carbonyl (C=O) groups excluding carboxylic acids is 1. The SMILES string of the molecule is C[C@H](NC(=O)c1ccc2cc(-c3ccccc3)c(CCCCC(=O)O)nc2c1)c1ccc(Cl)cc1. The molecule has 0 unspecified atom stereocenters. The smallest absolute Gasteiger partial charge is 0.303 e. The van der Waals surface area contributed by atoms with Gasteiger partial charge in [-0.2, -0.15) is 0 Å². The number of carbonyl (C=O) groups is 2. The molecule has 5 nitrogen and oxygen atoms in total. The summed E-state index contributed by atoms with van der Waals surface area (Å²) in [5.41, 5.74) is 5.24. The van der Waals surface area contributed by atoms with Crippen molar-refractivity contribution in [3.8, 4) is 11.1 Å². The molecule has 4 aromatic rings. The monoisotopic (exact) mass is 486 g/mol. The summed E-state index contributed by atoms with van der Waals surface area (Å²) in [5.74, 6) is -0.963. The lowest BCUT2D eigenvalue weighted by molar-refractivity contribution is -0.137. The van der Waals surface area contributed by atoms with Gasteiger partial charge in [0, 0.05) is 33.7 Å². The second-order valence-electron chi connectivity index (χ2n) is 8.60. The summed E-state index contributed by atoms with van der Waals surface area (Å²) < 4.78 is 0. The van der Waals surface area contributed by atoms with Gasteiger partial charge in [-0.3, -0.25) is 14.6 Å². The van der Waals surface area contributed by atoms with Crippen molar-refractivity contribution in [1.82, 2.24) is 10.3 Å². The Morgan fingerprint density at radius 2 is 1.71 bits per heavy atom. The first-order chi connectivity index (χ1) is 16.9. The van der Waals surface area contributed by atoms with E-state index in [4.69, 9.17) is 21.7 Å². The van der Waals surface area contributed by atoms with Gasteiger partial charge in [-0.1, -0.05) is 60.1 Å². The molecule has 2 N–H and O–H groups in total. The number of hydrogen-bond acceptors (Lipinski definition) is 3. The van der Waals surface area contributed by atoms with E-state index in [1.807, 2.05) is 79.7 Å². The van der Waals surface area contributed by atoms with Crippen molar-refractivity contribution < 1.29 is 14.7 Å². The fourth-order valence-electron chi connectivity index (χ4n) is 4.09. The van der Waals surface area contributed by atoms with Gasteiger partial charge in [-0.25, -0.2) is 0 Å². The van der Waals surface area contributed by atoms with Gasteiger partial charge in [0.2, 0.25) is 0 Å². The van der Waals surface area contributed by atoms with Crippen molar-refractivity contribution in [3.63, 3.8) is 0 Å². The Morgan fingerprint density at radius 1 is 0.971 bits per heavy atom. The molecule has 0 aliphatic rings. The summed E-state index contributed by atoms with van der Waals surface area (Å²) in [6, 6.07) is 24.9. The van der Waals surface area contributed by atoms with Gasteiger partial charge in [-0.15, -0.1) is 0 Å². The van der Waals surface area contributed by atoms with Gasteiger partial charge >= 0.3 is 5.97 Å². The highest BCUT2D eigenvalue weighted by atomic mass is 35.5. The Kier molecular flexibility index (Phi) is 7.78. The average molecular weight is 487 g/mol. The first kappa shape index (κ1) is 24.4. The Labute approximate surface area is 209 Å². The third-order valence-electron chi connectivity index (χ3n) is 6.02. The maximum Gasteiger partial charge on any atom is 0.303 e. The molecule has 0 saturated heterocycles. The third kappa shape index (κ3) is 6.25. The summed E-state index contributed by atoms with van der Waals surface area (Å²) in [4.78, 5) is 28.8. The molecule has 0 radical (unpaired) electrons. The zero-order valence-corrected chi connectivity index (χ0v) is 20.3. The number of pyridine rings is 1. The van der Waals surface area contributed by atoms with Crippen LogP contribution >= 0.6 is 11.6 Å². The minimum atomic E-state index is -0.789. The number of unbranched alkanes of at least 4 members (excludes halogenated alkanes) is 1. The summed E-state index contributed by atoms with van der Waals surface area (Å²) in [6.07, 6.45) is 2.12. The number of hydrogen-bond donors (Lipinski definition) is 2. The van der Waals surface area contributed by atoms with Crippen molar-refractivity contribution in [3.05, 3.63) is 101 Å². The zero-order valence-electron chi connectivity index (χ0n) is 19.5. The Morgan fingerprint density at radius 3 is 2.43 bits per heavy atom. The molecule has 1 aromatic heterocycles. The fraction of sp³-hybridized carbons (Fsp3) is 0.207. The molecule has 1 atom stereocenters. The molecule has 0 fully saturated rings. The predicted molar refractivity (Wildman–Crippen MR) is 140 cm³/mol. The minimum Gasteiger partial charge on any atom is -0.481 e. The van der Waals surface area contributed by atoms with Crippen LogP contribution in [0.25, 0.3) is 22.0 Å². The van der Waals surface area contributed by atoms with E-state index in [1.54, 1.807) is 0 Å². The molecule has 35 heavy (non-hydrogen) atoms. The summed E-state index contributed by atoms with van der Waals surface area (Å²) in [6.45, 7) is 1.93. The molecule has 4 rings (SSSR count). The highest BCUT2D eigenvalue weighted by molar-refractivity contribution is 6.30. The van der Waals surface area contributed by atoms with Crippen LogP contribution in [0.4, 0.5) is 0 Å². The summed E-state index contributed by atoms with van der Waals surface area (Å²) >= 11 is 5.97. The number of nitrogens with one attached hydrogen (secondary N) is 1. The zero-order chi connectivity index (χ0) is 24.8. The number of carboxylic acids is 1. The second kappa shape index (κ2) is 11.2. The first-order valence-corrected chi connectivity index (χ1v) is 12.1. The number of aryl methyl sites for hydroxylation is 1. The van der Waals surface area contributed by atoms with Crippen molar-refractivity contribution >= 4 is 34.4 Å². The maximum atomic E-state index is 13.0. The molecular weight excluding hydrogens is 460 g/mol. The van der Waals surface area contributed by atoms with E-state index in [9.17, 15) is 9.59 Å². The summed E-state index contributed by atoms with van der Waals surface area (Å²) in [5, 5.41) is 13.6. The van der Waals surface area contributed by atoms with Crippen LogP contribution < -0.4 is 5.32 Å². The van der Waals surface area contributed by atoms with Gasteiger partial charge in [-0.05, 0) is 67.6 Å². The number of halogens is 1. The first-order valence-electron chi connectivity index (χ1n) is 11.7. The molecule has 0 aliphatic heterocycles. The quantitative estimate of drug-likeness (QED) is 0.254. The van der Waals surface area contributed by atoms with Crippen LogP contribution in [-0.2, 0) is 11.2 Å². The van der Waals surface area contributed by atoms with Crippen molar-refractivity contribution in [2.24, 2.45) is 0 Å². The molecule has 0 bridgehead atoms. The van der Waals surface area contributed by atoms with Crippen molar-refractivity contribution in [2.45, 2.75) is 38.6 Å². The number of benzene rings is 3. The summed E-state index contributed by atoms with van der Waals surface area (Å²) in [7, 11) is 0. The van der Waals surface area contributed by atoms with Crippen LogP contribution in [0.15, 0.2) is 78.9 Å². The van der Waals surface area contributed by atoms with E-state index in [0.717, 1.165) is 39.7 Å². The topological polar surface area (TPSA) is 79.3 Å². The van der Waals surface area contributed by atoms with Crippen LogP contribution in [0, 0.1) is 0 Å². The van der Waals surface area contributed by atoms with Crippen LogP contribution in [0.5, 0.6) is 0 Å². The average Bonchev–Trinajstić information content (AvgIpc) is 2.86. The molecule has 0 aliphatic carbocycles. The second-order valence-corrected chi connectivity index (χ2v) is 9.04. The van der Waals surface area contributed by atoms with Crippen LogP contribution in [0.3, 0.4) is 0 Å². The normalized spacial score (nSPS) is 11.8. The standard InChI is InChI=1S/C29H27ClN2O3/c1-19(20-13-15-24(30)16-14-20)31-29(35)23-12-11-22-17-25(21-7-3-2-4-8-21)26(32-27(22)18-23)9-5-6-10-28(33)34/h2-4,7-8,11-19H,5-6,9-10H2,1H3,(H,31,35)(H,33,34)/t19-/m0/s1. The van der Waals surface area contributed by atoms with E-state index in [2.05, 4.69) is 11.4 Å². The highest BCUT2D eigenvalue weighted by Crippen LogP contribution is 2.28. The van der Waals surface area contributed by atoms with E-state index < -0.39 is 5.97 Å². The number of amides is 1. The highest BCUT2D eigenvalue weighted by Gasteiger charge is 2.14. The van der Waals surface area contributed by atoms with Gasteiger partial charge < -0.3 is 10.4 Å². The molecule has 1 heterocycles. The number of aromatic nitrogens is 1. The van der Waals surface area contributed by atoms with Gasteiger partial charge in [0.25, 0.3) is 5.91 Å². The van der Waals surface area contributed by atoms with Gasteiger partial charge in [0.15, 0.2) is 0 Å². The number of nitrogens with zero attached hydrogens (tertiary/aromatic N) is 1. The molecule has 178 valence electrons. The molecular formula is C29H27ClN2O3. The lowest BCUT2D eigenvalue weighted by Crippen LogP contribution is -2.26. The minimum absolute atomic E-state index is 0.143. The predicted octanol–water partition coefficient (Wildman–Crippen LogP) is 6.84. The molecule has 6 heteroatoms. The Bertz CT molecular complexity index is 1340. The maximum absolute atomic E-state index is 13.0. The molecule has 0 spiro atoms. The number of rotatable bonds is 9. The van der Waals surface area contributed by atoms with Crippen LogP contribution in [0.1, 0.15) is 53.8 Å². The fourth-order valence-corrected chi connectivity index (χ4v) is 4.22. The van der Waals surface area contributed by atoms with E-state index >= 15 is 0 Å². The Balaban J connectivity index is 1.61. The largest absolute Gasteiger partial charge is 0.481 e.